The highest BCUT2D eigenvalue weighted by atomic mass is 35.5. The molecule has 4 heterocycles. The summed E-state index contributed by atoms with van der Waals surface area (Å²) in [5.74, 6) is -0.998. The van der Waals surface area contributed by atoms with Gasteiger partial charge in [0.05, 0.1) is 0 Å². The quantitative estimate of drug-likeness (QED) is 0.0868. The zero-order valence-electron chi connectivity index (χ0n) is 18.8. The molecule has 2 aliphatic rings. The van der Waals surface area contributed by atoms with Crippen LogP contribution in [0.4, 0.5) is 5.13 Å². The summed E-state index contributed by atoms with van der Waals surface area (Å²) in [5.41, 5.74) is 11.3. The SMILES string of the molecule is NCCSCc1cnccc1SC1=C(C(=O)O)N2C(=O)C(NC(=O)/C(=N\O)c3nc(N)sc3Cl)C2SC1. The van der Waals surface area contributed by atoms with E-state index in [1.807, 2.05) is 0 Å². The number of nitrogens with one attached hydrogen (secondary N) is 1. The number of oxime groups is 1. The fraction of sp³-hybridized carbons (Fsp3) is 0.300. The molecule has 4 rings (SSSR count). The third-order valence-electron chi connectivity index (χ3n) is 5.18. The predicted octanol–water partition coefficient (Wildman–Crippen LogP) is 1.63. The Kier molecular flexibility index (Phi) is 8.86. The lowest BCUT2D eigenvalue weighted by Crippen LogP contribution is -2.71. The smallest absolute Gasteiger partial charge is 0.353 e. The van der Waals surface area contributed by atoms with Crippen LogP contribution in [-0.4, -0.2) is 78.1 Å². The van der Waals surface area contributed by atoms with Crippen LogP contribution in [0.25, 0.3) is 0 Å². The van der Waals surface area contributed by atoms with E-state index in [1.165, 1.54) is 23.5 Å². The molecule has 1 fully saturated rings. The average molecular weight is 602 g/mol. The molecule has 0 bridgehead atoms. The normalized spacial score (nSPS) is 19.5. The monoisotopic (exact) mass is 601 g/mol. The summed E-state index contributed by atoms with van der Waals surface area (Å²) >= 11 is 11.1. The minimum atomic E-state index is -1.25. The van der Waals surface area contributed by atoms with Gasteiger partial charge in [0.2, 0.25) is 0 Å². The molecule has 7 N–H and O–H groups in total. The van der Waals surface area contributed by atoms with E-state index in [0.717, 1.165) is 32.4 Å². The summed E-state index contributed by atoms with van der Waals surface area (Å²) in [7, 11) is 0. The Bertz CT molecular complexity index is 1300. The summed E-state index contributed by atoms with van der Waals surface area (Å²) in [5, 5.41) is 24.2. The summed E-state index contributed by atoms with van der Waals surface area (Å²) in [4.78, 5) is 48.5. The molecule has 0 aliphatic carbocycles. The first-order chi connectivity index (χ1) is 17.8. The molecule has 0 spiro atoms. The molecule has 196 valence electrons. The second-order valence-corrected chi connectivity index (χ2v) is 12.5. The van der Waals surface area contributed by atoms with Gasteiger partial charge in [-0.15, -0.1) is 11.8 Å². The molecule has 2 unspecified atom stereocenters. The summed E-state index contributed by atoms with van der Waals surface area (Å²) < 4.78 is 0.0451. The van der Waals surface area contributed by atoms with Gasteiger partial charge in [-0.1, -0.05) is 39.9 Å². The predicted molar refractivity (Wildman–Crippen MR) is 145 cm³/mol. The van der Waals surface area contributed by atoms with Gasteiger partial charge in [-0.3, -0.25) is 19.5 Å². The highest BCUT2D eigenvalue weighted by Crippen LogP contribution is 2.46. The van der Waals surface area contributed by atoms with Crippen molar-refractivity contribution < 1.29 is 24.7 Å². The van der Waals surface area contributed by atoms with Gasteiger partial charge in [0.15, 0.2) is 10.8 Å². The second kappa shape index (κ2) is 11.9. The topological polar surface area (TPSA) is 197 Å². The molecule has 2 aromatic rings. The molecule has 37 heavy (non-hydrogen) atoms. The Labute approximate surface area is 232 Å². The molecule has 0 saturated carbocycles. The van der Waals surface area contributed by atoms with Gasteiger partial charge in [-0.05, 0) is 11.6 Å². The second-order valence-electron chi connectivity index (χ2n) is 7.49. The molecule has 0 radical (unpaired) electrons. The maximum absolute atomic E-state index is 13.0. The maximum atomic E-state index is 13.0. The zero-order chi connectivity index (χ0) is 26.7. The van der Waals surface area contributed by atoms with Crippen molar-refractivity contribution in [3.63, 3.8) is 0 Å². The number of pyridine rings is 1. The molecule has 1 saturated heterocycles. The number of thioether (sulfide) groups is 3. The Morgan fingerprint density at radius 3 is 2.84 bits per heavy atom. The Morgan fingerprint density at radius 2 is 2.19 bits per heavy atom. The first kappa shape index (κ1) is 27.5. The number of carbonyl (C=O) groups excluding carboxylic acids is 2. The molecule has 2 aromatic heterocycles. The van der Waals surface area contributed by atoms with Crippen LogP contribution in [0, 0.1) is 0 Å². The number of nitrogens with zero attached hydrogens (tertiary/aromatic N) is 4. The van der Waals surface area contributed by atoms with Gasteiger partial charge >= 0.3 is 5.97 Å². The van der Waals surface area contributed by atoms with E-state index in [0.29, 0.717) is 23.0 Å². The van der Waals surface area contributed by atoms with E-state index in [2.05, 4.69) is 20.4 Å². The fourth-order valence-electron chi connectivity index (χ4n) is 3.56. The molecule has 2 aliphatic heterocycles. The molecular formula is C20H20ClN7O5S4. The number of hydrogen-bond donors (Lipinski definition) is 5. The lowest BCUT2D eigenvalue weighted by atomic mass is 10.0. The molecule has 2 amide bonds. The number of fused-ring (bicyclic) bond motifs is 1. The summed E-state index contributed by atoms with van der Waals surface area (Å²) in [6.07, 6.45) is 3.36. The number of β-lactam (4-membered cyclic amide) rings is 1. The van der Waals surface area contributed by atoms with Gasteiger partial charge in [-0.25, -0.2) is 9.78 Å². The minimum absolute atomic E-state index is 0.0451. The number of halogens is 1. The number of carboxylic acids is 1. The van der Waals surface area contributed by atoms with E-state index in [1.54, 1.807) is 30.2 Å². The lowest BCUT2D eigenvalue weighted by Gasteiger charge is -2.49. The average Bonchev–Trinajstić information content (AvgIpc) is 3.20. The number of aromatic nitrogens is 2. The first-order valence-corrected chi connectivity index (χ1v) is 14.7. The minimum Gasteiger partial charge on any atom is -0.477 e. The number of nitrogens with two attached hydrogens (primary N) is 2. The highest BCUT2D eigenvalue weighted by molar-refractivity contribution is 8.06. The zero-order valence-corrected chi connectivity index (χ0v) is 22.8. The van der Waals surface area contributed by atoms with E-state index in [4.69, 9.17) is 23.1 Å². The fourth-order valence-corrected chi connectivity index (χ4v) is 7.91. The standard InChI is InChI=1S/C20H20ClN7O5S4/c21-15-11(26-20(23)37-15)12(27-33)16(29)25-13-17(30)28-14(19(31)32)10(7-35-18(13)28)36-9-1-3-24-5-8(9)6-34-4-2-22/h1,3,5,13,18,33H,2,4,6-7,22H2,(H2,23,26)(H,25,29)(H,31,32)/b27-12-. The van der Waals surface area contributed by atoms with E-state index in [-0.39, 0.29) is 20.9 Å². The number of aliphatic carboxylic acids is 1. The van der Waals surface area contributed by atoms with Gasteiger partial charge in [0.25, 0.3) is 11.8 Å². The number of carboxylic acid groups (broad SMARTS) is 1. The number of rotatable bonds is 10. The highest BCUT2D eigenvalue weighted by Gasteiger charge is 2.54. The van der Waals surface area contributed by atoms with Crippen molar-refractivity contribution in [2.45, 2.75) is 22.1 Å². The van der Waals surface area contributed by atoms with Crippen LogP contribution in [0.1, 0.15) is 11.3 Å². The Morgan fingerprint density at radius 1 is 1.41 bits per heavy atom. The maximum Gasteiger partial charge on any atom is 0.353 e. The van der Waals surface area contributed by atoms with Crippen molar-refractivity contribution in [1.29, 1.82) is 0 Å². The first-order valence-electron chi connectivity index (χ1n) is 10.5. The van der Waals surface area contributed by atoms with Gasteiger partial charge < -0.3 is 27.1 Å². The number of hydrogen-bond acceptors (Lipinski definition) is 13. The number of anilines is 1. The molecular weight excluding hydrogens is 582 g/mol. The lowest BCUT2D eigenvalue weighted by molar-refractivity contribution is -0.150. The van der Waals surface area contributed by atoms with Gasteiger partial charge in [0.1, 0.15) is 27.1 Å². The van der Waals surface area contributed by atoms with Crippen LogP contribution in [-0.2, 0) is 20.1 Å². The molecule has 12 nitrogen and oxygen atoms in total. The third kappa shape index (κ3) is 5.68. The summed E-state index contributed by atoms with van der Waals surface area (Å²) in [6.45, 7) is 0.547. The number of amides is 2. The van der Waals surface area contributed by atoms with Crippen molar-refractivity contribution in [2.75, 3.05) is 23.8 Å². The van der Waals surface area contributed by atoms with Crippen LogP contribution in [0.3, 0.4) is 0 Å². The van der Waals surface area contributed by atoms with Crippen LogP contribution in [0.5, 0.6) is 0 Å². The van der Waals surface area contributed by atoms with Crippen LogP contribution in [0.15, 0.2) is 39.1 Å². The molecule has 2 atom stereocenters. The number of carbonyl (C=O) groups is 3. The van der Waals surface area contributed by atoms with Crippen LogP contribution >= 0.6 is 58.2 Å². The van der Waals surface area contributed by atoms with Crippen LogP contribution in [0.2, 0.25) is 4.34 Å². The largest absolute Gasteiger partial charge is 0.477 e. The van der Waals surface area contributed by atoms with Gasteiger partial charge in [-0.2, -0.15) is 11.8 Å². The van der Waals surface area contributed by atoms with E-state index in [9.17, 15) is 24.7 Å². The van der Waals surface area contributed by atoms with Crippen molar-refractivity contribution >= 4 is 86.9 Å². The Hall–Kier alpha value is -2.50. The Balaban J connectivity index is 1.52. The summed E-state index contributed by atoms with van der Waals surface area (Å²) in [6, 6.07) is 0.772. The number of thiazole rings is 1. The molecule has 0 aromatic carbocycles. The van der Waals surface area contributed by atoms with Crippen molar-refractivity contribution in [3.05, 3.63) is 44.7 Å². The van der Waals surface area contributed by atoms with Crippen molar-refractivity contribution in [2.24, 2.45) is 10.9 Å². The number of nitrogen functional groups attached to an aromatic ring is 1. The van der Waals surface area contributed by atoms with E-state index >= 15 is 0 Å². The third-order valence-corrected chi connectivity index (χ3v) is 9.96. The van der Waals surface area contributed by atoms with Gasteiger partial charge in [0, 0.05) is 46.0 Å². The molecule has 17 heteroatoms. The van der Waals surface area contributed by atoms with Crippen molar-refractivity contribution in [3.8, 4) is 0 Å². The van der Waals surface area contributed by atoms with Crippen molar-refractivity contribution in [1.82, 2.24) is 20.2 Å². The van der Waals surface area contributed by atoms with E-state index < -0.39 is 34.9 Å². The van der Waals surface area contributed by atoms with Crippen LogP contribution < -0.4 is 16.8 Å².